The van der Waals surface area contributed by atoms with Gasteiger partial charge in [-0.2, -0.15) is 0 Å². The molecule has 0 aliphatic carbocycles. The fourth-order valence-corrected chi connectivity index (χ4v) is 1.84. The Labute approximate surface area is 94.0 Å². The SMILES string of the molecule is CC(=O)NCC[C@H]1C=Nc2ccc(O)cc21. The van der Waals surface area contributed by atoms with Gasteiger partial charge in [0.25, 0.3) is 0 Å². The molecule has 1 atom stereocenters. The first-order chi connectivity index (χ1) is 7.66. The average Bonchev–Trinajstić information content (AvgIpc) is 2.60. The van der Waals surface area contributed by atoms with Gasteiger partial charge in [0.15, 0.2) is 0 Å². The van der Waals surface area contributed by atoms with E-state index in [2.05, 4.69) is 10.3 Å². The summed E-state index contributed by atoms with van der Waals surface area (Å²) in [5, 5.41) is 12.2. The summed E-state index contributed by atoms with van der Waals surface area (Å²) < 4.78 is 0. The van der Waals surface area contributed by atoms with Crippen LogP contribution in [0, 0.1) is 0 Å². The summed E-state index contributed by atoms with van der Waals surface area (Å²) in [4.78, 5) is 15.0. The standard InChI is InChI=1S/C12H14N2O2/c1-8(15)13-5-4-9-7-14-12-3-2-10(16)6-11(9)12/h2-3,6-7,9,16H,4-5H2,1H3,(H,13,15)/t9-/m0/s1. The van der Waals surface area contributed by atoms with Crippen molar-refractivity contribution < 1.29 is 9.90 Å². The summed E-state index contributed by atoms with van der Waals surface area (Å²) in [5.74, 6) is 0.425. The molecule has 16 heavy (non-hydrogen) atoms. The summed E-state index contributed by atoms with van der Waals surface area (Å²) in [6.07, 6.45) is 2.67. The molecule has 1 aromatic rings. The Morgan fingerprint density at radius 3 is 3.12 bits per heavy atom. The minimum absolute atomic E-state index is 0.0222. The molecule has 0 aromatic heterocycles. The maximum atomic E-state index is 10.7. The summed E-state index contributed by atoms with van der Waals surface area (Å²) >= 11 is 0. The molecule has 1 heterocycles. The summed E-state index contributed by atoms with van der Waals surface area (Å²) in [6.45, 7) is 2.13. The Morgan fingerprint density at radius 2 is 2.38 bits per heavy atom. The molecule has 1 aliphatic rings. The number of phenolic OH excluding ortho intramolecular Hbond substituents is 1. The zero-order valence-corrected chi connectivity index (χ0v) is 9.10. The number of carbonyl (C=O) groups excluding carboxylic acids is 1. The third-order valence-electron chi connectivity index (χ3n) is 2.63. The first-order valence-electron chi connectivity index (χ1n) is 5.28. The van der Waals surface area contributed by atoms with Crippen LogP contribution in [0.3, 0.4) is 0 Å². The van der Waals surface area contributed by atoms with Crippen LogP contribution in [-0.4, -0.2) is 23.8 Å². The molecule has 0 bridgehead atoms. The molecule has 0 saturated carbocycles. The second-order valence-corrected chi connectivity index (χ2v) is 3.90. The van der Waals surface area contributed by atoms with E-state index >= 15 is 0 Å². The number of phenols is 1. The summed E-state index contributed by atoms with van der Waals surface area (Å²) in [7, 11) is 0. The van der Waals surface area contributed by atoms with Crippen LogP contribution in [0.1, 0.15) is 24.8 Å². The van der Waals surface area contributed by atoms with E-state index in [-0.39, 0.29) is 17.6 Å². The van der Waals surface area contributed by atoms with Crippen molar-refractivity contribution in [3.63, 3.8) is 0 Å². The predicted molar refractivity (Wildman–Crippen MR) is 62.3 cm³/mol. The Balaban J connectivity index is 2.02. The van der Waals surface area contributed by atoms with Crippen LogP contribution in [0.25, 0.3) is 0 Å². The van der Waals surface area contributed by atoms with Gasteiger partial charge in [0, 0.05) is 25.6 Å². The number of aliphatic imine (C=N–C) groups is 1. The van der Waals surface area contributed by atoms with Crippen molar-refractivity contribution >= 4 is 17.8 Å². The number of rotatable bonds is 3. The van der Waals surface area contributed by atoms with Gasteiger partial charge in [0.05, 0.1) is 5.69 Å². The topological polar surface area (TPSA) is 61.7 Å². The Kier molecular flexibility index (Phi) is 2.90. The van der Waals surface area contributed by atoms with Crippen LogP contribution in [0.4, 0.5) is 5.69 Å². The third-order valence-corrected chi connectivity index (χ3v) is 2.63. The van der Waals surface area contributed by atoms with Crippen molar-refractivity contribution in [2.45, 2.75) is 19.3 Å². The van der Waals surface area contributed by atoms with Gasteiger partial charge < -0.3 is 10.4 Å². The molecular weight excluding hydrogens is 204 g/mol. The van der Waals surface area contributed by atoms with E-state index in [0.29, 0.717) is 6.54 Å². The van der Waals surface area contributed by atoms with E-state index in [9.17, 15) is 9.90 Å². The van der Waals surface area contributed by atoms with Gasteiger partial charge in [-0.3, -0.25) is 9.79 Å². The van der Waals surface area contributed by atoms with Crippen molar-refractivity contribution in [1.82, 2.24) is 5.32 Å². The number of nitrogens with zero attached hydrogens (tertiary/aromatic N) is 1. The van der Waals surface area contributed by atoms with Crippen molar-refractivity contribution in [2.75, 3.05) is 6.54 Å². The normalized spacial score (nSPS) is 17.2. The van der Waals surface area contributed by atoms with Crippen LogP contribution in [0.5, 0.6) is 5.75 Å². The largest absolute Gasteiger partial charge is 0.508 e. The third kappa shape index (κ3) is 2.21. The molecular formula is C12H14N2O2. The molecule has 0 spiro atoms. The molecule has 0 radical (unpaired) electrons. The summed E-state index contributed by atoms with van der Waals surface area (Å²) in [5.41, 5.74) is 1.94. The van der Waals surface area contributed by atoms with Crippen molar-refractivity contribution in [3.8, 4) is 5.75 Å². The highest BCUT2D eigenvalue weighted by Crippen LogP contribution is 2.35. The molecule has 2 rings (SSSR count). The second-order valence-electron chi connectivity index (χ2n) is 3.90. The van der Waals surface area contributed by atoms with Gasteiger partial charge in [-0.1, -0.05) is 0 Å². The number of carbonyl (C=O) groups is 1. The van der Waals surface area contributed by atoms with Gasteiger partial charge in [0.1, 0.15) is 5.75 Å². The lowest BCUT2D eigenvalue weighted by Crippen LogP contribution is -2.22. The number of nitrogens with one attached hydrogen (secondary N) is 1. The smallest absolute Gasteiger partial charge is 0.216 e. The average molecular weight is 218 g/mol. The highest BCUT2D eigenvalue weighted by atomic mass is 16.3. The van der Waals surface area contributed by atoms with E-state index in [1.54, 1.807) is 18.2 Å². The Morgan fingerprint density at radius 1 is 1.56 bits per heavy atom. The van der Waals surface area contributed by atoms with Gasteiger partial charge in [-0.15, -0.1) is 0 Å². The van der Waals surface area contributed by atoms with Gasteiger partial charge >= 0.3 is 0 Å². The predicted octanol–water partition coefficient (Wildman–Crippen LogP) is 1.72. The van der Waals surface area contributed by atoms with E-state index in [4.69, 9.17) is 0 Å². The molecule has 0 unspecified atom stereocenters. The lowest BCUT2D eigenvalue weighted by molar-refractivity contribution is -0.118. The quantitative estimate of drug-likeness (QED) is 0.811. The van der Waals surface area contributed by atoms with Gasteiger partial charge in [-0.25, -0.2) is 0 Å². The molecule has 2 N–H and O–H groups in total. The summed E-state index contributed by atoms with van der Waals surface area (Å²) in [6, 6.07) is 5.17. The Bertz CT molecular complexity index is 441. The minimum atomic E-state index is -0.0222. The molecule has 4 nitrogen and oxygen atoms in total. The monoisotopic (exact) mass is 218 g/mol. The minimum Gasteiger partial charge on any atom is -0.508 e. The second kappa shape index (κ2) is 4.35. The van der Waals surface area contributed by atoms with Crippen molar-refractivity contribution in [3.05, 3.63) is 23.8 Å². The number of hydrogen-bond donors (Lipinski definition) is 2. The Hall–Kier alpha value is -1.84. The van der Waals surface area contributed by atoms with Crippen LogP contribution < -0.4 is 5.32 Å². The molecule has 84 valence electrons. The van der Waals surface area contributed by atoms with E-state index < -0.39 is 0 Å². The zero-order chi connectivity index (χ0) is 11.5. The number of hydrogen-bond acceptors (Lipinski definition) is 3. The van der Waals surface area contributed by atoms with E-state index in [1.165, 1.54) is 6.92 Å². The maximum Gasteiger partial charge on any atom is 0.216 e. The lowest BCUT2D eigenvalue weighted by Gasteiger charge is -2.09. The number of amides is 1. The fourth-order valence-electron chi connectivity index (χ4n) is 1.84. The van der Waals surface area contributed by atoms with Crippen LogP contribution >= 0.6 is 0 Å². The molecule has 1 aromatic carbocycles. The van der Waals surface area contributed by atoms with E-state index in [1.807, 2.05) is 6.21 Å². The molecule has 0 fully saturated rings. The van der Waals surface area contributed by atoms with Crippen LogP contribution in [0.2, 0.25) is 0 Å². The maximum absolute atomic E-state index is 10.7. The first-order valence-corrected chi connectivity index (χ1v) is 5.28. The van der Waals surface area contributed by atoms with E-state index in [0.717, 1.165) is 17.7 Å². The molecule has 4 heteroatoms. The number of aromatic hydroxyl groups is 1. The molecule has 0 saturated heterocycles. The highest BCUT2D eigenvalue weighted by Gasteiger charge is 2.18. The zero-order valence-electron chi connectivity index (χ0n) is 9.10. The van der Waals surface area contributed by atoms with Crippen molar-refractivity contribution in [1.29, 1.82) is 0 Å². The first kappa shape index (κ1) is 10.7. The van der Waals surface area contributed by atoms with Gasteiger partial charge in [0.2, 0.25) is 5.91 Å². The number of fused-ring (bicyclic) bond motifs is 1. The lowest BCUT2D eigenvalue weighted by atomic mass is 9.97. The molecule has 1 amide bonds. The fraction of sp³-hybridized carbons (Fsp3) is 0.333. The number of benzene rings is 1. The van der Waals surface area contributed by atoms with Crippen LogP contribution in [-0.2, 0) is 4.79 Å². The van der Waals surface area contributed by atoms with Crippen LogP contribution in [0.15, 0.2) is 23.2 Å². The van der Waals surface area contributed by atoms with Gasteiger partial charge in [-0.05, 0) is 30.2 Å². The highest BCUT2D eigenvalue weighted by molar-refractivity contribution is 5.81. The molecule has 1 aliphatic heterocycles. The van der Waals surface area contributed by atoms with Crippen molar-refractivity contribution in [2.24, 2.45) is 4.99 Å².